The third kappa shape index (κ3) is 2.69. The molecule has 0 fully saturated rings. The highest BCUT2D eigenvalue weighted by molar-refractivity contribution is 6.33. The van der Waals surface area contributed by atoms with Crippen LogP contribution in [0.3, 0.4) is 0 Å². The molecule has 3 nitrogen and oxygen atoms in total. The van der Waals surface area contributed by atoms with Crippen molar-refractivity contribution < 1.29 is 9.52 Å². The fourth-order valence-corrected chi connectivity index (χ4v) is 3.23. The van der Waals surface area contributed by atoms with E-state index < -0.39 is 5.63 Å². The van der Waals surface area contributed by atoms with Crippen LogP contribution in [-0.2, 0) is 0 Å². The first-order valence-electron chi connectivity index (χ1n) is 7.75. The largest absolute Gasteiger partial charge is 0.508 e. The summed E-state index contributed by atoms with van der Waals surface area (Å²) in [4.78, 5) is 12.8. The summed E-state index contributed by atoms with van der Waals surface area (Å²) < 4.78 is 5.47. The minimum atomic E-state index is -0.495. The minimum absolute atomic E-state index is 0.0418. The van der Waals surface area contributed by atoms with Crippen molar-refractivity contribution in [2.24, 2.45) is 0 Å². The molecule has 0 aliphatic carbocycles. The Kier molecular flexibility index (Phi) is 3.79. The van der Waals surface area contributed by atoms with E-state index in [4.69, 9.17) is 16.0 Å². The fraction of sp³-hybridized carbons (Fsp3) is 0. The van der Waals surface area contributed by atoms with Gasteiger partial charge >= 0.3 is 5.63 Å². The van der Waals surface area contributed by atoms with Gasteiger partial charge in [-0.25, -0.2) is 4.79 Å². The molecule has 1 N–H and O–H groups in total. The molecule has 122 valence electrons. The maximum atomic E-state index is 12.8. The molecule has 1 aromatic heterocycles. The van der Waals surface area contributed by atoms with Gasteiger partial charge in [-0.1, -0.05) is 60.1 Å². The van der Waals surface area contributed by atoms with Crippen LogP contribution in [0.5, 0.6) is 5.75 Å². The Bertz CT molecular complexity index is 1130. The molecule has 0 spiro atoms. The van der Waals surface area contributed by atoms with Crippen LogP contribution < -0.4 is 5.63 Å². The summed E-state index contributed by atoms with van der Waals surface area (Å²) >= 11 is 6.35. The number of benzene rings is 3. The molecule has 4 heteroatoms. The van der Waals surface area contributed by atoms with Gasteiger partial charge < -0.3 is 9.52 Å². The monoisotopic (exact) mass is 348 g/mol. The van der Waals surface area contributed by atoms with E-state index >= 15 is 0 Å². The molecule has 4 aromatic rings. The van der Waals surface area contributed by atoms with Crippen molar-refractivity contribution >= 4 is 22.6 Å². The lowest BCUT2D eigenvalue weighted by atomic mass is 9.93. The quantitative estimate of drug-likeness (QED) is 0.487. The van der Waals surface area contributed by atoms with Gasteiger partial charge in [-0.15, -0.1) is 0 Å². The molecule has 0 amide bonds. The number of halogens is 1. The minimum Gasteiger partial charge on any atom is -0.508 e. The molecular weight excluding hydrogens is 336 g/mol. The maximum Gasteiger partial charge on any atom is 0.344 e. The Hall–Kier alpha value is -3.04. The van der Waals surface area contributed by atoms with Crippen LogP contribution in [0.2, 0.25) is 5.02 Å². The predicted molar refractivity (Wildman–Crippen MR) is 100 cm³/mol. The molecular formula is C21H13ClO3. The third-order valence-electron chi connectivity index (χ3n) is 4.10. The van der Waals surface area contributed by atoms with E-state index in [1.807, 2.05) is 42.5 Å². The van der Waals surface area contributed by atoms with Crippen LogP contribution >= 0.6 is 11.6 Å². The third-order valence-corrected chi connectivity index (χ3v) is 4.43. The number of hydrogen-bond acceptors (Lipinski definition) is 3. The summed E-state index contributed by atoms with van der Waals surface area (Å²) in [6, 6.07) is 21.5. The number of aromatic hydroxyl groups is 1. The Morgan fingerprint density at radius 1 is 0.840 bits per heavy atom. The number of fused-ring (bicyclic) bond motifs is 1. The summed E-state index contributed by atoms with van der Waals surface area (Å²) in [6.07, 6.45) is 0. The first-order valence-corrected chi connectivity index (χ1v) is 8.13. The normalized spacial score (nSPS) is 10.9. The molecule has 25 heavy (non-hydrogen) atoms. The summed E-state index contributed by atoms with van der Waals surface area (Å²) in [5.41, 5.74) is 2.48. The smallest absolute Gasteiger partial charge is 0.344 e. The Labute approximate surface area is 148 Å². The van der Waals surface area contributed by atoms with Gasteiger partial charge in [0.15, 0.2) is 0 Å². The van der Waals surface area contributed by atoms with Gasteiger partial charge in [-0.05, 0) is 23.8 Å². The van der Waals surface area contributed by atoms with E-state index in [1.165, 1.54) is 6.07 Å². The van der Waals surface area contributed by atoms with E-state index in [0.29, 0.717) is 21.7 Å². The SMILES string of the molecule is O=c1oc2cc(O)ccc2c(-c2ccccc2)c1-c1ccccc1Cl. The van der Waals surface area contributed by atoms with E-state index in [1.54, 1.807) is 24.3 Å². The average Bonchev–Trinajstić information content (AvgIpc) is 2.62. The van der Waals surface area contributed by atoms with Crippen LogP contribution in [0.15, 0.2) is 82.0 Å². The van der Waals surface area contributed by atoms with Crippen molar-refractivity contribution in [2.75, 3.05) is 0 Å². The van der Waals surface area contributed by atoms with Crippen molar-refractivity contribution in [3.05, 3.63) is 88.2 Å². The zero-order valence-corrected chi connectivity index (χ0v) is 13.8. The van der Waals surface area contributed by atoms with Gasteiger partial charge in [-0.3, -0.25) is 0 Å². The van der Waals surface area contributed by atoms with Crippen LogP contribution in [0.4, 0.5) is 0 Å². The molecule has 0 atom stereocenters. The highest BCUT2D eigenvalue weighted by Crippen LogP contribution is 2.38. The molecule has 0 saturated carbocycles. The maximum absolute atomic E-state index is 12.8. The lowest BCUT2D eigenvalue weighted by Gasteiger charge is -2.13. The van der Waals surface area contributed by atoms with E-state index in [-0.39, 0.29) is 5.75 Å². The number of phenols is 1. The second-order valence-corrected chi connectivity index (χ2v) is 6.07. The van der Waals surface area contributed by atoms with Gasteiger partial charge in [0.05, 0.1) is 5.56 Å². The van der Waals surface area contributed by atoms with Crippen LogP contribution in [0, 0.1) is 0 Å². The first-order chi connectivity index (χ1) is 12.1. The molecule has 0 aliphatic heterocycles. The highest BCUT2D eigenvalue weighted by atomic mass is 35.5. The summed E-state index contributed by atoms with van der Waals surface area (Å²) in [7, 11) is 0. The number of phenolic OH excluding ortho intramolecular Hbond substituents is 1. The van der Waals surface area contributed by atoms with Gasteiger partial charge in [0.1, 0.15) is 11.3 Å². The fourth-order valence-electron chi connectivity index (χ4n) is 3.00. The van der Waals surface area contributed by atoms with Gasteiger partial charge in [0, 0.05) is 27.6 Å². The van der Waals surface area contributed by atoms with Crippen LogP contribution in [0.25, 0.3) is 33.2 Å². The summed E-state index contributed by atoms with van der Waals surface area (Å²) in [5, 5.41) is 10.9. The lowest BCUT2D eigenvalue weighted by Crippen LogP contribution is -2.06. The topological polar surface area (TPSA) is 50.4 Å². The Balaban J connectivity index is 2.19. The Morgan fingerprint density at radius 2 is 1.56 bits per heavy atom. The van der Waals surface area contributed by atoms with E-state index in [0.717, 1.165) is 16.5 Å². The molecule has 4 rings (SSSR count). The van der Waals surface area contributed by atoms with Crippen molar-refractivity contribution in [2.45, 2.75) is 0 Å². The van der Waals surface area contributed by atoms with Crippen LogP contribution in [-0.4, -0.2) is 5.11 Å². The van der Waals surface area contributed by atoms with Crippen molar-refractivity contribution in [1.82, 2.24) is 0 Å². The number of rotatable bonds is 2. The van der Waals surface area contributed by atoms with Gasteiger partial charge in [0.2, 0.25) is 0 Å². The van der Waals surface area contributed by atoms with Gasteiger partial charge in [-0.2, -0.15) is 0 Å². The number of hydrogen-bond donors (Lipinski definition) is 1. The Morgan fingerprint density at radius 3 is 2.32 bits per heavy atom. The molecule has 0 aliphatic rings. The van der Waals surface area contributed by atoms with Gasteiger partial charge in [0.25, 0.3) is 0 Å². The average molecular weight is 349 g/mol. The second-order valence-electron chi connectivity index (χ2n) is 5.67. The molecule has 0 radical (unpaired) electrons. The van der Waals surface area contributed by atoms with Crippen molar-refractivity contribution in [3.63, 3.8) is 0 Å². The lowest BCUT2D eigenvalue weighted by molar-refractivity contribution is 0.473. The molecule has 0 saturated heterocycles. The van der Waals surface area contributed by atoms with Crippen LogP contribution in [0.1, 0.15) is 0 Å². The van der Waals surface area contributed by atoms with E-state index in [9.17, 15) is 9.90 Å². The summed E-state index contributed by atoms with van der Waals surface area (Å²) in [6.45, 7) is 0. The first kappa shape index (κ1) is 15.5. The zero-order valence-electron chi connectivity index (χ0n) is 13.1. The standard InChI is InChI=1S/C21H13ClO3/c22-17-9-5-4-8-15(17)20-19(13-6-2-1-3-7-13)16-11-10-14(23)12-18(16)25-21(20)24/h1-12,23H. The molecule has 1 heterocycles. The second kappa shape index (κ2) is 6.11. The summed E-state index contributed by atoms with van der Waals surface area (Å²) in [5.74, 6) is 0.0418. The van der Waals surface area contributed by atoms with Crippen molar-refractivity contribution in [1.29, 1.82) is 0 Å². The zero-order chi connectivity index (χ0) is 17.4. The molecule has 0 unspecified atom stereocenters. The van der Waals surface area contributed by atoms with Crippen molar-refractivity contribution in [3.8, 4) is 28.0 Å². The van der Waals surface area contributed by atoms with E-state index in [2.05, 4.69) is 0 Å². The predicted octanol–water partition coefficient (Wildman–Crippen LogP) is 5.49. The molecule has 3 aromatic carbocycles. The molecule has 0 bridgehead atoms. The highest BCUT2D eigenvalue weighted by Gasteiger charge is 2.19.